The Morgan fingerprint density at radius 3 is 2.75 bits per heavy atom. The van der Waals surface area contributed by atoms with E-state index >= 15 is 0 Å². The van der Waals surface area contributed by atoms with Gasteiger partial charge in [0.1, 0.15) is 5.82 Å². The number of aryl methyl sites for hydroxylation is 1. The third kappa shape index (κ3) is 2.65. The van der Waals surface area contributed by atoms with Crippen LogP contribution >= 0.6 is 15.9 Å². The van der Waals surface area contributed by atoms with E-state index in [4.69, 9.17) is 0 Å². The lowest BCUT2D eigenvalue weighted by molar-refractivity contribution is -0.116. The van der Waals surface area contributed by atoms with Gasteiger partial charge in [0.2, 0.25) is 5.91 Å². The van der Waals surface area contributed by atoms with Crippen LogP contribution < -0.4 is 5.32 Å². The van der Waals surface area contributed by atoms with Gasteiger partial charge in [-0.2, -0.15) is 5.10 Å². The fourth-order valence-corrected chi connectivity index (χ4v) is 3.54. The van der Waals surface area contributed by atoms with Crippen molar-refractivity contribution in [3.8, 4) is 5.69 Å². The second kappa shape index (κ2) is 5.91. The Morgan fingerprint density at radius 2 is 2.00 bits per heavy atom. The number of fused-ring (bicyclic) bond motifs is 1. The van der Waals surface area contributed by atoms with Crippen molar-refractivity contribution in [1.82, 2.24) is 9.78 Å². The van der Waals surface area contributed by atoms with Crippen LogP contribution in [0.4, 0.5) is 5.82 Å². The molecule has 3 aromatic rings. The Kier molecular flexibility index (Phi) is 3.73. The maximum Gasteiger partial charge on any atom is 0.226 e. The zero-order valence-corrected chi connectivity index (χ0v) is 14.7. The van der Waals surface area contributed by atoms with E-state index in [2.05, 4.69) is 38.5 Å². The quantitative estimate of drug-likeness (QED) is 0.714. The molecule has 1 amide bonds. The number of nitrogens with zero attached hydrogens (tertiary/aromatic N) is 2. The van der Waals surface area contributed by atoms with Crippen LogP contribution in [0.2, 0.25) is 0 Å². The number of halogens is 1. The van der Waals surface area contributed by atoms with E-state index in [0.29, 0.717) is 6.42 Å². The molecule has 0 aliphatic carbocycles. The summed E-state index contributed by atoms with van der Waals surface area (Å²) in [5.41, 5.74) is 4.30. The number of hydrogen-bond donors (Lipinski definition) is 1. The van der Waals surface area contributed by atoms with Crippen LogP contribution in [0.3, 0.4) is 0 Å². The van der Waals surface area contributed by atoms with Crippen molar-refractivity contribution in [1.29, 1.82) is 0 Å². The smallest absolute Gasteiger partial charge is 0.226 e. The minimum atomic E-state index is 0.0151. The summed E-state index contributed by atoms with van der Waals surface area (Å²) >= 11 is 3.51. The van der Waals surface area contributed by atoms with E-state index in [0.717, 1.165) is 27.1 Å². The van der Waals surface area contributed by atoms with Gasteiger partial charge in [-0.15, -0.1) is 0 Å². The number of anilines is 1. The average molecular weight is 382 g/mol. The van der Waals surface area contributed by atoms with Gasteiger partial charge < -0.3 is 5.32 Å². The number of aromatic nitrogens is 2. The van der Waals surface area contributed by atoms with Crippen molar-refractivity contribution in [3.05, 3.63) is 75.9 Å². The number of carbonyl (C=O) groups excluding carboxylic acids is 1. The highest BCUT2D eigenvalue weighted by Crippen LogP contribution is 2.38. The molecule has 2 heterocycles. The molecule has 1 N–H and O–H groups in total. The van der Waals surface area contributed by atoms with Crippen LogP contribution in [0.1, 0.15) is 29.0 Å². The fourth-order valence-electron chi connectivity index (χ4n) is 3.12. The molecule has 1 aromatic heterocycles. The van der Waals surface area contributed by atoms with E-state index in [9.17, 15) is 4.79 Å². The van der Waals surface area contributed by atoms with E-state index in [1.165, 1.54) is 5.56 Å². The lowest BCUT2D eigenvalue weighted by Gasteiger charge is -2.24. The summed E-state index contributed by atoms with van der Waals surface area (Å²) < 4.78 is 2.81. The third-order valence-corrected chi connectivity index (χ3v) is 4.84. The third-order valence-electron chi connectivity index (χ3n) is 4.35. The summed E-state index contributed by atoms with van der Waals surface area (Å²) in [5, 5.41) is 7.51. The number of benzene rings is 2. The van der Waals surface area contributed by atoms with Crippen molar-refractivity contribution in [3.63, 3.8) is 0 Å². The molecular weight excluding hydrogens is 366 g/mol. The Bertz CT molecular complexity index is 915. The van der Waals surface area contributed by atoms with Crippen LogP contribution in [0.5, 0.6) is 0 Å². The van der Waals surface area contributed by atoms with Gasteiger partial charge in [-0.3, -0.25) is 4.79 Å². The molecule has 0 fully saturated rings. The molecule has 0 radical (unpaired) electrons. The van der Waals surface area contributed by atoms with Gasteiger partial charge in [-0.25, -0.2) is 4.68 Å². The molecule has 5 heteroatoms. The summed E-state index contributed by atoms with van der Waals surface area (Å²) in [6.07, 6.45) is 2.29. The molecule has 4 nitrogen and oxygen atoms in total. The summed E-state index contributed by atoms with van der Waals surface area (Å²) in [6.45, 7) is 2.05. The highest BCUT2D eigenvalue weighted by Gasteiger charge is 2.30. The Morgan fingerprint density at radius 1 is 1.21 bits per heavy atom. The van der Waals surface area contributed by atoms with Gasteiger partial charge in [0.05, 0.1) is 11.9 Å². The van der Waals surface area contributed by atoms with Crippen molar-refractivity contribution >= 4 is 27.7 Å². The van der Waals surface area contributed by atoms with Crippen LogP contribution in [0.25, 0.3) is 5.69 Å². The molecule has 0 unspecified atom stereocenters. The van der Waals surface area contributed by atoms with Gasteiger partial charge in [-0.1, -0.05) is 45.8 Å². The molecular formula is C19H16BrN3O. The number of rotatable bonds is 2. The Labute approximate surface area is 148 Å². The first-order chi connectivity index (χ1) is 11.6. The zero-order valence-electron chi connectivity index (χ0n) is 13.2. The second-order valence-electron chi connectivity index (χ2n) is 6.06. The van der Waals surface area contributed by atoms with Gasteiger partial charge in [0.25, 0.3) is 0 Å². The molecule has 0 bridgehead atoms. The maximum atomic E-state index is 12.3. The number of nitrogens with one attached hydrogen (secondary N) is 1. The zero-order chi connectivity index (χ0) is 16.7. The second-order valence-corrected chi connectivity index (χ2v) is 6.97. The summed E-state index contributed by atoms with van der Waals surface area (Å²) in [6, 6.07) is 16.2. The number of amides is 1. The summed E-state index contributed by atoms with van der Waals surface area (Å²) in [7, 11) is 0. The van der Waals surface area contributed by atoms with Gasteiger partial charge in [0, 0.05) is 22.4 Å². The van der Waals surface area contributed by atoms with Gasteiger partial charge in [-0.05, 0) is 36.8 Å². The molecule has 2 aromatic carbocycles. The normalized spacial score (nSPS) is 16.6. The first kappa shape index (κ1) is 15.1. The summed E-state index contributed by atoms with van der Waals surface area (Å²) in [4.78, 5) is 12.3. The average Bonchev–Trinajstić information content (AvgIpc) is 2.98. The standard InChI is InChI=1S/C19H16BrN3O/c1-12-5-7-15(8-6-12)23-19-17(11-21-23)16(10-18(24)22-19)13-3-2-4-14(20)9-13/h2-9,11,16H,10H2,1H3,(H,22,24)/t16-/m0/s1. The number of carbonyl (C=O) groups is 1. The largest absolute Gasteiger partial charge is 0.310 e. The molecule has 1 atom stereocenters. The number of hydrogen-bond acceptors (Lipinski definition) is 2. The molecule has 24 heavy (non-hydrogen) atoms. The molecule has 4 rings (SSSR count). The minimum absolute atomic E-state index is 0.0151. The molecule has 1 aliphatic rings. The molecule has 1 aliphatic heterocycles. The van der Waals surface area contributed by atoms with Crippen LogP contribution in [0, 0.1) is 6.92 Å². The highest BCUT2D eigenvalue weighted by molar-refractivity contribution is 9.10. The van der Waals surface area contributed by atoms with Crippen molar-refractivity contribution in [2.24, 2.45) is 0 Å². The van der Waals surface area contributed by atoms with Crippen molar-refractivity contribution < 1.29 is 4.79 Å². The molecule has 0 saturated heterocycles. The Balaban J connectivity index is 1.81. The molecule has 120 valence electrons. The van der Waals surface area contributed by atoms with Gasteiger partial charge >= 0.3 is 0 Å². The van der Waals surface area contributed by atoms with E-state index in [1.807, 2.05) is 49.5 Å². The highest BCUT2D eigenvalue weighted by atomic mass is 79.9. The molecule has 0 saturated carbocycles. The minimum Gasteiger partial charge on any atom is -0.310 e. The lowest BCUT2D eigenvalue weighted by atomic mass is 9.87. The van der Waals surface area contributed by atoms with Crippen LogP contribution in [-0.4, -0.2) is 15.7 Å². The van der Waals surface area contributed by atoms with E-state index < -0.39 is 0 Å². The fraction of sp³-hybridized carbons (Fsp3) is 0.158. The predicted molar refractivity (Wildman–Crippen MR) is 97.5 cm³/mol. The van der Waals surface area contributed by atoms with Crippen molar-refractivity contribution in [2.45, 2.75) is 19.3 Å². The maximum absolute atomic E-state index is 12.3. The SMILES string of the molecule is Cc1ccc(-n2ncc3c2NC(=O)C[C@H]3c2cccc(Br)c2)cc1. The monoisotopic (exact) mass is 381 g/mol. The topological polar surface area (TPSA) is 46.9 Å². The van der Waals surface area contributed by atoms with E-state index in [1.54, 1.807) is 4.68 Å². The predicted octanol–water partition coefficient (Wildman–Crippen LogP) is 4.42. The summed E-state index contributed by atoms with van der Waals surface area (Å²) in [5.74, 6) is 0.798. The lowest BCUT2D eigenvalue weighted by Crippen LogP contribution is -2.24. The van der Waals surface area contributed by atoms with Gasteiger partial charge in [0.15, 0.2) is 0 Å². The first-order valence-corrected chi connectivity index (χ1v) is 8.61. The van der Waals surface area contributed by atoms with Crippen molar-refractivity contribution in [2.75, 3.05) is 5.32 Å². The van der Waals surface area contributed by atoms with Crippen LogP contribution in [0.15, 0.2) is 59.2 Å². The first-order valence-electron chi connectivity index (χ1n) is 7.82. The Hall–Kier alpha value is -2.40. The van der Waals surface area contributed by atoms with Crippen LogP contribution in [-0.2, 0) is 4.79 Å². The van der Waals surface area contributed by atoms with E-state index in [-0.39, 0.29) is 11.8 Å². The molecule has 0 spiro atoms.